The van der Waals surface area contributed by atoms with Crippen molar-refractivity contribution in [3.8, 4) is 5.75 Å². The smallest absolute Gasteiger partial charge is 0.253 e. The van der Waals surface area contributed by atoms with Gasteiger partial charge in [-0.3, -0.25) is 14.6 Å². The average molecular weight is 391 g/mol. The normalized spacial score (nSPS) is 25.1. The minimum Gasteiger partial charge on any atom is -0.493 e. The van der Waals surface area contributed by atoms with Crippen molar-refractivity contribution in [1.29, 1.82) is 0 Å². The van der Waals surface area contributed by atoms with Crippen LogP contribution >= 0.6 is 0 Å². The summed E-state index contributed by atoms with van der Waals surface area (Å²) in [5, 5.41) is 3.27. The molecule has 1 aromatic heterocycles. The van der Waals surface area contributed by atoms with E-state index in [-0.39, 0.29) is 17.9 Å². The van der Waals surface area contributed by atoms with Crippen LogP contribution in [0.3, 0.4) is 0 Å². The van der Waals surface area contributed by atoms with Crippen LogP contribution in [0.2, 0.25) is 0 Å². The van der Waals surface area contributed by atoms with E-state index in [0.29, 0.717) is 36.1 Å². The van der Waals surface area contributed by atoms with Crippen LogP contribution in [-0.2, 0) is 6.42 Å². The molecule has 0 radical (unpaired) electrons. The fourth-order valence-electron chi connectivity index (χ4n) is 5.07. The summed E-state index contributed by atoms with van der Waals surface area (Å²) in [7, 11) is 0. The number of rotatable bonds is 3. The highest BCUT2D eigenvalue weighted by atomic mass is 16.5. The predicted molar refractivity (Wildman–Crippen MR) is 108 cm³/mol. The van der Waals surface area contributed by atoms with Crippen molar-refractivity contribution in [3.05, 3.63) is 59.4 Å². The molecule has 29 heavy (non-hydrogen) atoms. The van der Waals surface area contributed by atoms with Gasteiger partial charge in [0.1, 0.15) is 5.75 Å². The Hall–Kier alpha value is -2.89. The van der Waals surface area contributed by atoms with Gasteiger partial charge >= 0.3 is 0 Å². The lowest BCUT2D eigenvalue weighted by molar-refractivity contribution is 0.0782. The topological polar surface area (TPSA) is 71.5 Å². The van der Waals surface area contributed by atoms with Gasteiger partial charge in [-0.2, -0.15) is 0 Å². The number of hydrogen-bond acceptors (Lipinski definition) is 4. The zero-order valence-corrected chi connectivity index (χ0v) is 16.3. The van der Waals surface area contributed by atoms with E-state index >= 15 is 0 Å². The third-order valence-electron chi connectivity index (χ3n) is 6.58. The lowest BCUT2D eigenvalue weighted by atomic mass is 9.78. The monoisotopic (exact) mass is 391 g/mol. The van der Waals surface area contributed by atoms with Crippen LogP contribution in [-0.4, -0.2) is 47.4 Å². The van der Waals surface area contributed by atoms with Crippen molar-refractivity contribution in [2.75, 3.05) is 19.7 Å². The van der Waals surface area contributed by atoms with Crippen molar-refractivity contribution in [2.24, 2.45) is 11.8 Å². The molecule has 2 aromatic rings. The molecule has 1 saturated carbocycles. The number of aromatic nitrogens is 1. The maximum Gasteiger partial charge on any atom is 0.253 e. The zero-order valence-electron chi connectivity index (χ0n) is 16.3. The molecule has 5 rings (SSSR count). The van der Waals surface area contributed by atoms with Crippen LogP contribution in [0.5, 0.6) is 5.75 Å². The Balaban J connectivity index is 1.28. The molecule has 0 unspecified atom stereocenters. The molecule has 2 amide bonds. The minimum atomic E-state index is -0.0238. The van der Waals surface area contributed by atoms with Crippen molar-refractivity contribution < 1.29 is 14.3 Å². The van der Waals surface area contributed by atoms with Gasteiger partial charge in [0.2, 0.25) is 0 Å². The summed E-state index contributed by atoms with van der Waals surface area (Å²) in [5.41, 5.74) is 2.48. The minimum absolute atomic E-state index is 0.0238. The third kappa shape index (κ3) is 3.48. The van der Waals surface area contributed by atoms with Crippen LogP contribution in [0.25, 0.3) is 0 Å². The van der Waals surface area contributed by atoms with Gasteiger partial charge in [-0.1, -0.05) is 6.42 Å². The second-order valence-electron chi connectivity index (χ2n) is 8.30. The zero-order chi connectivity index (χ0) is 19.8. The highest BCUT2D eigenvalue weighted by Crippen LogP contribution is 2.37. The molecule has 1 saturated heterocycles. The average Bonchev–Trinajstić information content (AvgIpc) is 3.40. The molecule has 6 heteroatoms. The summed E-state index contributed by atoms with van der Waals surface area (Å²) in [6, 6.07) is 9.33. The number of pyridine rings is 1. The number of nitrogens with zero attached hydrogens (tertiary/aromatic N) is 2. The summed E-state index contributed by atoms with van der Waals surface area (Å²) in [6.45, 7) is 2.16. The summed E-state index contributed by atoms with van der Waals surface area (Å²) >= 11 is 0. The summed E-state index contributed by atoms with van der Waals surface area (Å²) in [6.07, 6.45) is 7.34. The maximum absolute atomic E-state index is 12.9. The molecule has 1 aliphatic carbocycles. The van der Waals surface area contributed by atoms with E-state index in [0.717, 1.165) is 43.5 Å². The van der Waals surface area contributed by atoms with Crippen molar-refractivity contribution in [2.45, 2.75) is 31.7 Å². The highest BCUT2D eigenvalue weighted by Gasteiger charge is 2.42. The number of carbonyl (C=O) groups excluding carboxylic acids is 2. The first kappa shape index (κ1) is 18.2. The first-order chi connectivity index (χ1) is 14.2. The van der Waals surface area contributed by atoms with Crippen LogP contribution in [0.4, 0.5) is 0 Å². The van der Waals surface area contributed by atoms with Crippen LogP contribution in [0.15, 0.2) is 42.7 Å². The Kier molecular flexibility index (Phi) is 4.70. The summed E-state index contributed by atoms with van der Waals surface area (Å²) in [4.78, 5) is 31.7. The molecule has 1 aromatic carbocycles. The first-order valence-corrected chi connectivity index (χ1v) is 10.4. The van der Waals surface area contributed by atoms with E-state index in [1.807, 2.05) is 23.1 Å². The highest BCUT2D eigenvalue weighted by molar-refractivity contribution is 5.95. The molecule has 150 valence electrons. The summed E-state index contributed by atoms with van der Waals surface area (Å²) < 4.78 is 5.54. The van der Waals surface area contributed by atoms with E-state index in [1.54, 1.807) is 24.5 Å². The van der Waals surface area contributed by atoms with Crippen molar-refractivity contribution in [1.82, 2.24) is 15.2 Å². The number of hydrogen-bond donors (Lipinski definition) is 1. The second-order valence-corrected chi connectivity index (χ2v) is 8.30. The number of fused-ring (bicyclic) bond motifs is 2. The van der Waals surface area contributed by atoms with Crippen molar-refractivity contribution in [3.63, 3.8) is 0 Å². The molecule has 3 aliphatic rings. The first-order valence-electron chi connectivity index (χ1n) is 10.4. The fourth-order valence-corrected chi connectivity index (χ4v) is 5.07. The molecular formula is C23H25N3O3. The largest absolute Gasteiger partial charge is 0.493 e. The molecule has 0 bridgehead atoms. The lowest BCUT2D eigenvalue weighted by Gasteiger charge is -2.33. The van der Waals surface area contributed by atoms with Crippen LogP contribution in [0.1, 0.15) is 45.5 Å². The standard InChI is InChI=1S/C23H25N3O3/c27-22(17-4-5-21-16(12-17)8-11-29-21)25-20-3-1-2-18-13-26(14-19(18)20)23(28)15-6-9-24-10-7-15/h4-7,9-10,12,18-20H,1-3,8,11,13-14H2,(H,25,27)/t18-,19+,20-/m0/s1. The molecule has 3 heterocycles. The van der Waals surface area contributed by atoms with E-state index < -0.39 is 0 Å². The Morgan fingerprint density at radius 3 is 2.79 bits per heavy atom. The maximum atomic E-state index is 12.9. The number of ether oxygens (including phenoxy) is 1. The second kappa shape index (κ2) is 7.50. The predicted octanol–water partition coefficient (Wildman–Crippen LogP) is 2.69. The number of benzene rings is 1. The SMILES string of the molecule is O=C(N[C@H]1CCC[C@H]2CN(C(=O)c3ccncc3)C[C@H]21)c1ccc2c(c1)CCO2. The third-order valence-corrected chi connectivity index (χ3v) is 6.58. The van der Waals surface area contributed by atoms with E-state index in [4.69, 9.17) is 4.74 Å². The van der Waals surface area contributed by atoms with Crippen molar-refractivity contribution >= 4 is 11.8 Å². The number of amides is 2. The van der Waals surface area contributed by atoms with E-state index in [9.17, 15) is 9.59 Å². The molecular weight excluding hydrogens is 366 g/mol. The quantitative estimate of drug-likeness (QED) is 0.873. The van der Waals surface area contributed by atoms with Gasteiger partial charge in [0.25, 0.3) is 11.8 Å². The van der Waals surface area contributed by atoms with Gasteiger partial charge < -0.3 is 15.0 Å². The van der Waals surface area contributed by atoms with Gasteiger partial charge in [0.15, 0.2) is 0 Å². The number of nitrogens with one attached hydrogen (secondary N) is 1. The fraction of sp³-hybridized carbons (Fsp3) is 0.435. The van der Waals surface area contributed by atoms with E-state index in [1.165, 1.54) is 0 Å². The van der Waals surface area contributed by atoms with Gasteiger partial charge in [0.05, 0.1) is 6.61 Å². The molecule has 0 spiro atoms. The van der Waals surface area contributed by atoms with Crippen LogP contribution in [0, 0.1) is 11.8 Å². The van der Waals surface area contributed by atoms with Gasteiger partial charge in [-0.25, -0.2) is 0 Å². The van der Waals surface area contributed by atoms with Crippen LogP contribution < -0.4 is 10.1 Å². The van der Waals surface area contributed by atoms with Gasteiger partial charge in [-0.15, -0.1) is 0 Å². The van der Waals surface area contributed by atoms with Gasteiger partial charge in [0, 0.05) is 55.0 Å². The summed E-state index contributed by atoms with van der Waals surface area (Å²) in [5.74, 6) is 1.69. The molecule has 1 N–H and O–H groups in total. The molecule has 3 atom stereocenters. The Morgan fingerprint density at radius 1 is 1.07 bits per heavy atom. The number of likely N-dealkylation sites (tertiary alicyclic amines) is 1. The Labute approximate surface area is 170 Å². The number of carbonyl (C=O) groups is 2. The molecule has 2 aliphatic heterocycles. The Morgan fingerprint density at radius 2 is 1.93 bits per heavy atom. The van der Waals surface area contributed by atoms with E-state index in [2.05, 4.69) is 10.3 Å². The van der Waals surface area contributed by atoms with Gasteiger partial charge in [-0.05, 0) is 54.7 Å². The molecule has 6 nitrogen and oxygen atoms in total. The lowest BCUT2D eigenvalue weighted by Crippen LogP contribution is -2.45. The Bertz CT molecular complexity index is 930. The molecule has 2 fully saturated rings.